The molecular weight excluding hydrogens is 622 g/mol. The monoisotopic (exact) mass is 651 g/mol. The normalized spacial score (nSPS) is 14.8. The zero-order valence-corrected chi connectivity index (χ0v) is 26.0. The molecule has 0 fully saturated rings. The average Bonchev–Trinajstić information content (AvgIpc) is 3.78. The first-order valence-electron chi connectivity index (χ1n) is 14.8. The van der Waals surface area contributed by atoms with E-state index in [0.29, 0.717) is 64.0 Å². The number of nitrogens with one attached hydrogen (secondary N) is 4. The first-order valence-corrected chi connectivity index (χ1v) is 15.2. The number of benzene rings is 3. The van der Waals surface area contributed by atoms with Crippen LogP contribution in [0.5, 0.6) is 0 Å². The molecule has 14 heteroatoms. The summed E-state index contributed by atoms with van der Waals surface area (Å²) in [5.41, 5.74) is 5.61. The number of nitrogens with zero attached hydrogens (tertiary/aromatic N) is 5. The molecule has 3 aromatic carbocycles. The maximum absolute atomic E-state index is 13.4. The van der Waals surface area contributed by atoms with Crippen LogP contribution >= 0.6 is 11.6 Å². The average molecular weight is 652 g/mol. The number of H-pyrrole nitrogens is 1. The lowest BCUT2D eigenvalue weighted by Crippen LogP contribution is -2.28. The quantitative estimate of drug-likeness (QED) is 0.186. The Kier molecular flexibility index (Phi) is 9.34. The molecule has 0 radical (unpaired) electrons. The molecule has 13 nitrogen and oxygen atoms in total. The predicted octanol–water partition coefficient (Wildman–Crippen LogP) is 5.27. The number of hydrogen-bond acceptors (Lipinski definition) is 8. The Morgan fingerprint density at radius 2 is 1.91 bits per heavy atom. The lowest BCUT2D eigenvalue weighted by Gasteiger charge is -2.16. The molecule has 5 aromatic rings. The van der Waals surface area contributed by atoms with Crippen molar-refractivity contribution in [3.63, 3.8) is 0 Å². The van der Waals surface area contributed by atoms with Gasteiger partial charge in [-0.3, -0.25) is 14.9 Å². The molecule has 4 bridgehead atoms. The van der Waals surface area contributed by atoms with Gasteiger partial charge in [-0.15, -0.1) is 5.10 Å². The lowest BCUT2D eigenvalue weighted by molar-refractivity contribution is -0.117. The molecule has 0 saturated heterocycles. The van der Waals surface area contributed by atoms with Crippen molar-refractivity contribution in [2.75, 3.05) is 17.7 Å². The van der Waals surface area contributed by atoms with Gasteiger partial charge in [-0.2, -0.15) is 4.68 Å². The number of rotatable bonds is 5. The maximum atomic E-state index is 13.4. The Morgan fingerprint density at radius 3 is 2.72 bits per heavy atom. The van der Waals surface area contributed by atoms with Crippen molar-refractivity contribution in [3.8, 4) is 16.9 Å². The van der Waals surface area contributed by atoms with Crippen LogP contribution in [0, 0.1) is 0 Å². The van der Waals surface area contributed by atoms with Gasteiger partial charge in [0.05, 0.1) is 36.4 Å². The third-order valence-electron chi connectivity index (χ3n) is 7.61. The number of aromatic amines is 1. The third kappa shape index (κ3) is 7.71. The highest BCUT2D eigenvalue weighted by Crippen LogP contribution is 2.32. The summed E-state index contributed by atoms with van der Waals surface area (Å²) in [5, 5.41) is 20.5. The van der Waals surface area contributed by atoms with Crippen molar-refractivity contribution in [2.24, 2.45) is 0 Å². The number of tetrazole rings is 1. The zero-order chi connectivity index (χ0) is 32.8. The number of aryl methyl sites for hydroxylation is 2. The summed E-state index contributed by atoms with van der Waals surface area (Å²) in [7, 11) is 1.27. The van der Waals surface area contributed by atoms with Gasteiger partial charge in [-0.25, -0.2) is 9.78 Å². The van der Waals surface area contributed by atoms with Crippen LogP contribution in [0.2, 0.25) is 5.02 Å². The second-order valence-corrected chi connectivity index (χ2v) is 11.3. The topological polar surface area (TPSA) is 169 Å². The summed E-state index contributed by atoms with van der Waals surface area (Å²) in [6.07, 6.45) is 7.58. The highest BCUT2D eigenvalue weighted by molar-refractivity contribution is 6.30. The molecule has 3 amide bonds. The van der Waals surface area contributed by atoms with E-state index in [9.17, 15) is 14.4 Å². The van der Waals surface area contributed by atoms with Gasteiger partial charge in [-0.05, 0) is 83.3 Å². The number of carbonyl (C=O) groups excluding carboxylic acids is 3. The number of hydrogen-bond donors (Lipinski definition) is 4. The summed E-state index contributed by atoms with van der Waals surface area (Å²) >= 11 is 6.25. The Balaban J connectivity index is 1.31. The fourth-order valence-electron chi connectivity index (χ4n) is 5.30. The molecule has 0 saturated carbocycles. The van der Waals surface area contributed by atoms with Gasteiger partial charge in [0.15, 0.2) is 0 Å². The fraction of sp³-hybridized carbons (Fsp3) is 0.182. The molecule has 0 spiro atoms. The number of aromatic nitrogens is 6. The van der Waals surface area contributed by atoms with Crippen molar-refractivity contribution < 1.29 is 19.1 Å². The van der Waals surface area contributed by atoms with Crippen LogP contribution in [0.4, 0.5) is 16.2 Å². The third-order valence-corrected chi connectivity index (χ3v) is 7.85. The van der Waals surface area contributed by atoms with Gasteiger partial charge in [0.25, 0.3) is 0 Å². The van der Waals surface area contributed by atoms with Crippen LogP contribution in [0.3, 0.4) is 0 Å². The Labute approximate surface area is 274 Å². The highest BCUT2D eigenvalue weighted by Gasteiger charge is 2.20. The van der Waals surface area contributed by atoms with Gasteiger partial charge in [0, 0.05) is 34.3 Å². The number of imidazole rings is 1. The van der Waals surface area contributed by atoms with Crippen LogP contribution in [-0.4, -0.2) is 55.2 Å². The van der Waals surface area contributed by atoms with Crippen molar-refractivity contribution >= 4 is 47.0 Å². The van der Waals surface area contributed by atoms with E-state index in [1.165, 1.54) is 24.2 Å². The van der Waals surface area contributed by atoms with E-state index in [4.69, 9.17) is 16.3 Å². The van der Waals surface area contributed by atoms with Crippen LogP contribution in [0.15, 0.2) is 79.3 Å². The smallest absolute Gasteiger partial charge is 0.411 e. The van der Waals surface area contributed by atoms with E-state index in [1.807, 2.05) is 18.2 Å². The minimum atomic E-state index is -0.633. The molecule has 47 heavy (non-hydrogen) atoms. The van der Waals surface area contributed by atoms with Crippen molar-refractivity contribution in [1.82, 2.24) is 35.5 Å². The predicted molar refractivity (Wildman–Crippen MR) is 176 cm³/mol. The minimum Gasteiger partial charge on any atom is -0.453 e. The van der Waals surface area contributed by atoms with E-state index in [-0.39, 0.29) is 18.2 Å². The van der Waals surface area contributed by atoms with E-state index >= 15 is 0 Å². The summed E-state index contributed by atoms with van der Waals surface area (Å²) in [5.74, 6) is 0.0220. The van der Waals surface area contributed by atoms with Gasteiger partial charge in [0.2, 0.25) is 11.8 Å². The number of amides is 3. The molecule has 1 aliphatic rings. The molecule has 1 atom stereocenters. The van der Waals surface area contributed by atoms with Gasteiger partial charge < -0.3 is 20.4 Å². The lowest BCUT2D eigenvalue weighted by atomic mass is 10.0. The summed E-state index contributed by atoms with van der Waals surface area (Å²) in [4.78, 5) is 46.2. The number of fused-ring (bicyclic) bond motifs is 6. The van der Waals surface area contributed by atoms with Gasteiger partial charge >= 0.3 is 6.09 Å². The fourth-order valence-corrected chi connectivity index (χ4v) is 5.48. The molecule has 2 aromatic heterocycles. The number of anilines is 2. The Hall–Kier alpha value is -5.82. The number of methoxy groups -OCH3 is 1. The number of ether oxygens (including phenoxy) is 1. The highest BCUT2D eigenvalue weighted by atomic mass is 35.5. The SMILES string of the molecule is COC(=O)Nc1ccc2c(c1)NC(=O)CCc1cccc(c1)CC[C@H](NC(=O)/C=C/c1cc(Cl)ccc1-n1cnnn1)c1ncc-2[nH]1. The molecule has 4 N–H and O–H groups in total. The van der Waals surface area contributed by atoms with E-state index < -0.39 is 12.1 Å². The van der Waals surface area contributed by atoms with E-state index in [0.717, 1.165) is 11.1 Å². The van der Waals surface area contributed by atoms with Gasteiger partial charge in [0.1, 0.15) is 12.2 Å². The molecule has 1 aliphatic heterocycles. The second kappa shape index (κ2) is 14.1. The Morgan fingerprint density at radius 1 is 1.06 bits per heavy atom. The molecule has 6 rings (SSSR count). The number of halogens is 1. The molecular formula is C33H30ClN9O4. The second-order valence-electron chi connectivity index (χ2n) is 10.8. The van der Waals surface area contributed by atoms with Crippen LogP contribution in [0.1, 0.15) is 41.4 Å². The van der Waals surface area contributed by atoms with Crippen LogP contribution in [-0.2, 0) is 27.2 Å². The van der Waals surface area contributed by atoms with Crippen molar-refractivity contribution in [1.29, 1.82) is 0 Å². The maximum Gasteiger partial charge on any atom is 0.411 e. The van der Waals surface area contributed by atoms with E-state index in [2.05, 4.69) is 47.5 Å². The standard InChI is InChI=1S/C33H30ClN9O4/c1-47-33(46)37-24-9-10-25-27(17-24)39-30(44)13-6-21-4-2-3-20(15-21)5-11-26(32-35-18-28(25)40-32)38-31(45)14-7-22-16-23(34)8-12-29(22)43-19-36-41-42-43/h2-4,7-10,12,14-19,26H,5-6,11,13H2,1H3,(H,35,40)(H,37,46)(H,38,45)(H,39,44)/b14-7+/t26-/m0/s1. The zero-order valence-electron chi connectivity index (χ0n) is 25.2. The minimum absolute atomic E-state index is 0.179. The summed E-state index contributed by atoms with van der Waals surface area (Å²) < 4.78 is 6.21. The van der Waals surface area contributed by atoms with Crippen molar-refractivity contribution in [2.45, 2.75) is 31.7 Å². The first kappa shape index (κ1) is 31.2. The van der Waals surface area contributed by atoms with Crippen molar-refractivity contribution in [3.05, 3.63) is 107 Å². The van der Waals surface area contributed by atoms with Crippen LogP contribution < -0.4 is 16.0 Å². The van der Waals surface area contributed by atoms with E-state index in [1.54, 1.807) is 48.7 Å². The molecule has 0 unspecified atom stereocenters. The van der Waals surface area contributed by atoms with Crippen LogP contribution in [0.25, 0.3) is 23.0 Å². The molecule has 238 valence electrons. The first-order chi connectivity index (χ1) is 22.8. The Bertz CT molecular complexity index is 1960. The van der Waals surface area contributed by atoms with Gasteiger partial charge in [-0.1, -0.05) is 35.9 Å². The molecule has 3 heterocycles. The summed E-state index contributed by atoms with van der Waals surface area (Å²) in [6.45, 7) is 0. The number of carbonyl (C=O) groups is 3. The molecule has 0 aliphatic carbocycles. The largest absolute Gasteiger partial charge is 0.453 e. The summed E-state index contributed by atoms with van der Waals surface area (Å²) in [6, 6.07) is 17.9.